The van der Waals surface area contributed by atoms with Gasteiger partial charge in [0.2, 0.25) is 15.9 Å². The molecule has 1 unspecified atom stereocenters. The topological polar surface area (TPSA) is 102 Å². The maximum absolute atomic E-state index is 12.9. The highest BCUT2D eigenvalue weighted by Crippen LogP contribution is 2.24. The minimum Gasteiger partial charge on any atom is -0.323 e. The largest absolute Gasteiger partial charge is 0.323 e. The Morgan fingerprint density at radius 1 is 1.16 bits per heavy atom. The molecular formula is C21H26N6O3S. The lowest BCUT2D eigenvalue weighted by Gasteiger charge is -2.30. The van der Waals surface area contributed by atoms with Crippen molar-refractivity contribution >= 4 is 21.6 Å². The molecule has 31 heavy (non-hydrogen) atoms. The molecule has 1 atom stereocenters. The van der Waals surface area contributed by atoms with Crippen molar-refractivity contribution in [2.45, 2.75) is 31.2 Å². The molecule has 164 valence electrons. The van der Waals surface area contributed by atoms with E-state index in [1.54, 1.807) is 24.1 Å². The first-order chi connectivity index (χ1) is 14.8. The van der Waals surface area contributed by atoms with E-state index in [-0.39, 0.29) is 17.3 Å². The fourth-order valence-electron chi connectivity index (χ4n) is 3.70. The van der Waals surface area contributed by atoms with Crippen LogP contribution in [0, 0.1) is 12.8 Å². The summed E-state index contributed by atoms with van der Waals surface area (Å²) in [5.74, 6) is -0.610. The highest BCUT2D eigenvalue weighted by atomic mass is 32.2. The quantitative estimate of drug-likeness (QED) is 0.629. The van der Waals surface area contributed by atoms with Gasteiger partial charge >= 0.3 is 0 Å². The van der Waals surface area contributed by atoms with Crippen molar-refractivity contribution in [3.63, 3.8) is 0 Å². The van der Waals surface area contributed by atoms with E-state index in [2.05, 4.69) is 39.8 Å². The van der Waals surface area contributed by atoms with Gasteiger partial charge in [0, 0.05) is 32.5 Å². The molecule has 1 aliphatic heterocycles. The standard InChI is InChI=1S/C21H26N6O3S/c1-16-5-7-17(8-6-16)12-26-14-19(10-23-26)24-21(28)18-4-3-9-27(13-18)31(29,30)20-11-22-25(2)15-20/h5-8,10-11,14-15,18H,3-4,9,12-13H2,1-2H3,(H,24,28). The normalized spacial score (nSPS) is 17.5. The van der Waals surface area contributed by atoms with Gasteiger partial charge in [0.05, 0.1) is 30.5 Å². The van der Waals surface area contributed by atoms with Crippen molar-refractivity contribution in [2.24, 2.45) is 13.0 Å². The minimum atomic E-state index is -3.66. The Morgan fingerprint density at radius 3 is 2.65 bits per heavy atom. The van der Waals surface area contributed by atoms with Crippen LogP contribution in [-0.4, -0.2) is 51.3 Å². The van der Waals surface area contributed by atoms with Crippen LogP contribution in [0.25, 0.3) is 0 Å². The van der Waals surface area contributed by atoms with E-state index in [1.165, 1.54) is 26.9 Å². The number of sulfonamides is 1. The summed E-state index contributed by atoms with van der Waals surface area (Å²) in [7, 11) is -1.99. The highest BCUT2D eigenvalue weighted by Gasteiger charge is 2.34. The number of hydrogen-bond donors (Lipinski definition) is 1. The highest BCUT2D eigenvalue weighted by molar-refractivity contribution is 7.89. The number of nitrogens with zero attached hydrogens (tertiary/aromatic N) is 5. The van der Waals surface area contributed by atoms with E-state index in [4.69, 9.17) is 0 Å². The summed E-state index contributed by atoms with van der Waals surface area (Å²) in [6.45, 7) is 3.20. The molecule has 1 fully saturated rings. The number of anilines is 1. The number of benzene rings is 1. The van der Waals surface area contributed by atoms with E-state index in [1.807, 2.05) is 6.92 Å². The molecule has 2 aromatic heterocycles. The lowest BCUT2D eigenvalue weighted by Crippen LogP contribution is -2.43. The summed E-state index contributed by atoms with van der Waals surface area (Å²) >= 11 is 0. The number of nitrogens with one attached hydrogen (secondary N) is 1. The van der Waals surface area contributed by atoms with Crippen molar-refractivity contribution in [3.8, 4) is 0 Å². The molecule has 1 amide bonds. The number of carbonyl (C=O) groups is 1. The van der Waals surface area contributed by atoms with Crippen molar-refractivity contribution in [1.29, 1.82) is 0 Å². The lowest BCUT2D eigenvalue weighted by molar-refractivity contribution is -0.120. The van der Waals surface area contributed by atoms with Crippen LogP contribution in [0.2, 0.25) is 0 Å². The second-order valence-electron chi connectivity index (χ2n) is 7.95. The Kier molecular flexibility index (Phi) is 5.92. The van der Waals surface area contributed by atoms with Crippen molar-refractivity contribution in [1.82, 2.24) is 23.9 Å². The second-order valence-corrected chi connectivity index (χ2v) is 9.89. The van der Waals surface area contributed by atoms with E-state index in [0.29, 0.717) is 31.6 Å². The molecule has 1 aromatic carbocycles. The summed E-state index contributed by atoms with van der Waals surface area (Å²) in [5, 5.41) is 11.1. The first-order valence-corrected chi connectivity index (χ1v) is 11.6. The zero-order valence-electron chi connectivity index (χ0n) is 17.6. The third kappa shape index (κ3) is 4.86. The van der Waals surface area contributed by atoms with Crippen LogP contribution in [0.4, 0.5) is 5.69 Å². The number of rotatable bonds is 6. The predicted octanol–water partition coefficient (Wildman–Crippen LogP) is 2.01. The second kappa shape index (κ2) is 8.64. The van der Waals surface area contributed by atoms with Gasteiger partial charge in [-0.15, -0.1) is 0 Å². The lowest BCUT2D eigenvalue weighted by atomic mass is 9.99. The molecule has 1 aliphatic rings. The van der Waals surface area contributed by atoms with Gasteiger partial charge in [-0.3, -0.25) is 14.2 Å². The molecule has 0 spiro atoms. The zero-order chi connectivity index (χ0) is 22.0. The van der Waals surface area contributed by atoms with Crippen LogP contribution in [0.3, 0.4) is 0 Å². The number of aryl methyl sites for hydroxylation is 2. The van der Waals surface area contributed by atoms with Crippen molar-refractivity contribution < 1.29 is 13.2 Å². The molecule has 3 aromatic rings. The first-order valence-electron chi connectivity index (χ1n) is 10.2. The summed E-state index contributed by atoms with van der Waals surface area (Å²) in [6, 6.07) is 8.20. The van der Waals surface area contributed by atoms with E-state index in [9.17, 15) is 13.2 Å². The molecule has 3 heterocycles. The molecule has 4 rings (SSSR count). The van der Waals surface area contributed by atoms with Crippen LogP contribution in [0.1, 0.15) is 24.0 Å². The molecule has 0 radical (unpaired) electrons. The number of piperidine rings is 1. The number of aromatic nitrogens is 4. The third-order valence-corrected chi connectivity index (χ3v) is 7.26. The van der Waals surface area contributed by atoms with Gasteiger partial charge in [-0.1, -0.05) is 29.8 Å². The van der Waals surface area contributed by atoms with Gasteiger partial charge in [0.25, 0.3) is 0 Å². The number of hydrogen-bond acceptors (Lipinski definition) is 5. The first kappa shape index (κ1) is 21.3. The summed E-state index contributed by atoms with van der Waals surface area (Å²) in [6.07, 6.45) is 7.47. The average Bonchev–Trinajstić information content (AvgIpc) is 3.39. The van der Waals surface area contributed by atoms with Gasteiger partial charge in [-0.2, -0.15) is 14.5 Å². The van der Waals surface area contributed by atoms with Gasteiger partial charge < -0.3 is 5.32 Å². The Hall–Kier alpha value is -2.98. The maximum atomic E-state index is 12.9. The summed E-state index contributed by atoms with van der Waals surface area (Å²) < 4.78 is 30.3. The van der Waals surface area contributed by atoms with E-state index in [0.717, 1.165) is 5.56 Å². The molecule has 0 saturated carbocycles. The molecule has 1 N–H and O–H groups in total. The Morgan fingerprint density at radius 2 is 1.94 bits per heavy atom. The predicted molar refractivity (Wildman–Crippen MR) is 116 cm³/mol. The Labute approximate surface area is 181 Å². The molecule has 9 nitrogen and oxygen atoms in total. The smallest absolute Gasteiger partial charge is 0.246 e. The van der Waals surface area contributed by atoms with Gasteiger partial charge in [0.1, 0.15) is 4.90 Å². The van der Waals surface area contributed by atoms with Crippen LogP contribution < -0.4 is 5.32 Å². The van der Waals surface area contributed by atoms with Gasteiger partial charge in [-0.05, 0) is 25.3 Å². The van der Waals surface area contributed by atoms with E-state index >= 15 is 0 Å². The fraction of sp³-hybridized carbons (Fsp3) is 0.381. The SMILES string of the molecule is Cc1ccc(Cn2cc(NC(=O)C3CCCN(S(=O)(=O)c4cnn(C)c4)C3)cn2)cc1. The van der Waals surface area contributed by atoms with Gasteiger partial charge in [-0.25, -0.2) is 8.42 Å². The molecule has 10 heteroatoms. The third-order valence-electron chi connectivity index (χ3n) is 5.44. The minimum absolute atomic E-state index is 0.147. The maximum Gasteiger partial charge on any atom is 0.246 e. The Bertz CT molecular complexity index is 1170. The van der Waals surface area contributed by atoms with Crippen molar-refractivity contribution in [3.05, 3.63) is 60.2 Å². The van der Waals surface area contributed by atoms with Crippen LogP contribution >= 0.6 is 0 Å². The summed E-state index contributed by atoms with van der Waals surface area (Å²) in [4.78, 5) is 12.9. The Balaban J connectivity index is 1.38. The van der Waals surface area contributed by atoms with Crippen LogP contribution in [0.5, 0.6) is 0 Å². The average molecular weight is 443 g/mol. The van der Waals surface area contributed by atoms with Crippen molar-refractivity contribution in [2.75, 3.05) is 18.4 Å². The van der Waals surface area contributed by atoms with Gasteiger partial charge in [0.15, 0.2) is 0 Å². The fourth-order valence-corrected chi connectivity index (χ4v) is 5.21. The molecular weight excluding hydrogens is 416 g/mol. The number of carbonyl (C=O) groups excluding carboxylic acids is 1. The molecule has 1 saturated heterocycles. The number of amides is 1. The van der Waals surface area contributed by atoms with E-state index < -0.39 is 15.9 Å². The monoisotopic (exact) mass is 442 g/mol. The molecule has 0 aliphatic carbocycles. The molecule has 0 bridgehead atoms. The van der Waals surface area contributed by atoms with Crippen LogP contribution in [-0.2, 0) is 28.4 Å². The van der Waals surface area contributed by atoms with Crippen LogP contribution in [0.15, 0.2) is 53.9 Å². The zero-order valence-corrected chi connectivity index (χ0v) is 18.4. The summed E-state index contributed by atoms with van der Waals surface area (Å²) in [5.41, 5.74) is 2.92.